The lowest BCUT2D eigenvalue weighted by molar-refractivity contribution is 0.306. The maximum absolute atomic E-state index is 9.36. The first kappa shape index (κ1) is 12.1. The molecular formula is C13H21NO. The van der Waals surface area contributed by atoms with Gasteiger partial charge in [-0.2, -0.15) is 0 Å². The minimum absolute atomic E-state index is 0.206. The largest absolute Gasteiger partial charge is 0.508 e. The highest BCUT2D eigenvalue weighted by Gasteiger charge is 2.25. The molecule has 0 radical (unpaired) electrons. The van der Waals surface area contributed by atoms with Gasteiger partial charge < -0.3 is 10.8 Å². The van der Waals surface area contributed by atoms with Gasteiger partial charge in [-0.3, -0.25) is 0 Å². The van der Waals surface area contributed by atoms with Crippen molar-refractivity contribution in [2.24, 2.45) is 11.7 Å². The maximum atomic E-state index is 9.36. The van der Waals surface area contributed by atoms with Gasteiger partial charge in [0.15, 0.2) is 0 Å². The van der Waals surface area contributed by atoms with Gasteiger partial charge in [-0.1, -0.05) is 32.4 Å². The Morgan fingerprint density at radius 1 is 1.47 bits per heavy atom. The summed E-state index contributed by atoms with van der Waals surface area (Å²) in [5, 5.41) is 9.36. The highest BCUT2D eigenvalue weighted by Crippen LogP contribution is 2.23. The van der Waals surface area contributed by atoms with Gasteiger partial charge in [0.25, 0.3) is 0 Å². The van der Waals surface area contributed by atoms with Crippen molar-refractivity contribution in [2.45, 2.75) is 39.2 Å². The molecule has 2 unspecified atom stereocenters. The third-order valence-electron chi connectivity index (χ3n) is 3.23. The molecule has 0 saturated heterocycles. The molecule has 2 heteroatoms. The van der Waals surface area contributed by atoms with Crippen LogP contribution >= 0.6 is 0 Å². The lowest BCUT2D eigenvalue weighted by Gasteiger charge is -2.31. The van der Waals surface area contributed by atoms with Crippen LogP contribution in [0.1, 0.15) is 32.8 Å². The zero-order chi connectivity index (χ0) is 11.5. The number of phenolic OH excluding ortho intramolecular Hbond substituents is 1. The Morgan fingerprint density at radius 3 is 2.67 bits per heavy atom. The molecule has 2 atom stereocenters. The lowest BCUT2D eigenvalue weighted by Crippen LogP contribution is -2.44. The van der Waals surface area contributed by atoms with E-state index in [1.54, 1.807) is 12.1 Å². The first-order chi connectivity index (χ1) is 6.95. The van der Waals surface area contributed by atoms with Crippen molar-refractivity contribution in [1.82, 2.24) is 0 Å². The summed E-state index contributed by atoms with van der Waals surface area (Å²) in [5.41, 5.74) is 7.16. The van der Waals surface area contributed by atoms with E-state index in [0.29, 0.717) is 11.7 Å². The standard InChI is InChI=1S/C13H21NO/c1-4-10(2)13(3,14)9-11-6-5-7-12(15)8-11/h5-8,10,15H,4,9,14H2,1-3H3. The van der Waals surface area contributed by atoms with Gasteiger partial charge >= 0.3 is 0 Å². The van der Waals surface area contributed by atoms with Crippen LogP contribution < -0.4 is 5.73 Å². The van der Waals surface area contributed by atoms with Gasteiger partial charge in [-0.05, 0) is 37.0 Å². The molecule has 0 aliphatic carbocycles. The first-order valence-electron chi connectivity index (χ1n) is 5.52. The monoisotopic (exact) mass is 207 g/mol. The van der Waals surface area contributed by atoms with Crippen molar-refractivity contribution in [3.8, 4) is 5.75 Å². The number of aromatic hydroxyl groups is 1. The topological polar surface area (TPSA) is 46.2 Å². The molecule has 0 saturated carbocycles. The number of hydrogen-bond donors (Lipinski definition) is 2. The molecule has 3 N–H and O–H groups in total. The van der Waals surface area contributed by atoms with Gasteiger partial charge in [0.1, 0.15) is 5.75 Å². The van der Waals surface area contributed by atoms with Crippen LogP contribution in [0.5, 0.6) is 5.75 Å². The molecule has 0 bridgehead atoms. The van der Waals surface area contributed by atoms with E-state index < -0.39 is 0 Å². The fourth-order valence-electron chi connectivity index (χ4n) is 1.75. The first-order valence-corrected chi connectivity index (χ1v) is 5.52. The fraction of sp³-hybridized carbons (Fsp3) is 0.538. The third kappa shape index (κ3) is 3.24. The predicted octanol–water partition coefficient (Wildman–Crippen LogP) is 2.70. The van der Waals surface area contributed by atoms with Crippen LogP contribution in [0, 0.1) is 5.92 Å². The Balaban J connectivity index is 2.77. The summed E-state index contributed by atoms with van der Waals surface area (Å²) in [6.45, 7) is 6.40. The quantitative estimate of drug-likeness (QED) is 0.797. The summed E-state index contributed by atoms with van der Waals surface area (Å²) in [6, 6.07) is 7.33. The van der Waals surface area contributed by atoms with Gasteiger partial charge in [-0.15, -0.1) is 0 Å². The van der Waals surface area contributed by atoms with Crippen LogP contribution in [-0.2, 0) is 6.42 Å². The van der Waals surface area contributed by atoms with Crippen LogP contribution in [0.15, 0.2) is 24.3 Å². The highest BCUT2D eigenvalue weighted by atomic mass is 16.3. The van der Waals surface area contributed by atoms with Crippen molar-refractivity contribution >= 4 is 0 Å². The average Bonchev–Trinajstić information content (AvgIpc) is 2.15. The molecule has 0 aromatic heterocycles. The SMILES string of the molecule is CCC(C)C(C)(N)Cc1cccc(O)c1. The van der Waals surface area contributed by atoms with Crippen LogP contribution in [0.3, 0.4) is 0 Å². The van der Waals surface area contributed by atoms with Gasteiger partial charge in [-0.25, -0.2) is 0 Å². The minimum Gasteiger partial charge on any atom is -0.508 e. The highest BCUT2D eigenvalue weighted by molar-refractivity contribution is 5.28. The molecule has 1 aromatic rings. The van der Waals surface area contributed by atoms with Crippen LogP contribution in [0.4, 0.5) is 0 Å². The summed E-state index contributed by atoms with van der Waals surface area (Å²) in [4.78, 5) is 0. The molecule has 1 aromatic carbocycles. The van der Waals surface area contributed by atoms with E-state index in [4.69, 9.17) is 5.73 Å². The van der Waals surface area contributed by atoms with Crippen LogP contribution in [-0.4, -0.2) is 10.6 Å². The van der Waals surface area contributed by atoms with Crippen molar-refractivity contribution in [3.63, 3.8) is 0 Å². The second-order valence-corrected chi connectivity index (χ2v) is 4.66. The Bertz CT molecular complexity index is 320. The number of nitrogens with two attached hydrogens (primary N) is 1. The maximum Gasteiger partial charge on any atom is 0.115 e. The predicted molar refractivity (Wildman–Crippen MR) is 63.9 cm³/mol. The van der Waals surface area contributed by atoms with E-state index in [9.17, 15) is 5.11 Å². The number of benzene rings is 1. The van der Waals surface area contributed by atoms with Crippen molar-refractivity contribution in [3.05, 3.63) is 29.8 Å². The Kier molecular flexibility index (Phi) is 3.75. The molecule has 0 spiro atoms. The molecule has 0 amide bonds. The van der Waals surface area contributed by atoms with Crippen molar-refractivity contribution in [2.75, 3.05) is 0 Å². The van der Waals surface area contributed by atoms with Gasteiger partial charge in [0, 0.05) is 5.54 Å². The second-order valence-electron chi connectivity index (χ2n) is 4.66. The Morgan fingerprint density at radius 2 is 2.13 bits per heavy atom. The smallest absolute Gasteiger partial charge is 0.115 e. The minimum atomic E-state index is -0.206. The van der Waals surface area contributed by atoms with Crippen molar-refractivity contribution in [1.29, 1.82) is 0 Å². The fourth-order valence-corrected chi connectivity index (χ4v) is 1.75. The third-order valence-corrected chi connectivity index (χ3v) is 3.23. The van der Waals surface area contributed by atoms with E-state index >= 15 is 0 Å². The zero-order valence-electron chi connectivity index (χ0n) is 9.83. The molecule has 0 aliphatic rings. The van der Waals surface area contributed by atoms with Crippen LogP contribution in [0.25, 0.3) is 0 Å². The summed E-state index contributed by atoms with van der Waals surface area (Å²) < 4.78 is 0. The van der Waals surface area contributed by atoms with E-state index in [0.717, 1.165) is 18.4 Å². The van der Waals surface area contributed by atoms with E-state index in [2.05, 4.69) is 20.8 Å². The Labute approximate surface area is 92.1 Å². The number of rotatable bonds is 4. The Hall–Kier alpha value is -1.02. The molecule has 0 aliphatic heterocycles. The zero-order valence-corrected chi connectivity index (χ0v) is 9.83. The second kappa shape index (κ2) is 4.67. The number of hydrogen-bond acceptors (Lipinski definition) is 2. The average molecular weight is 207 g/mol. The normalized spacial score (nSPS) is 17.1. The number of phenols is 1. The van der Waals surface area contributed by atoms with Crippen molar-refractivity contribution < 1.29 is 5.11 Å². The lowest BCUT2D eigenvalue weighted by atomic mass is 9.81. The van der Waals surface area contributed by atoms with Gasteiger partial charge in [0.05, 0.1) is 0 Å². The molecule has 1 rings (SSSR count). The van der Waals surface area contributed by atoms with Gasteiger partial charge in [0.2, 0.25) is 0 Å². The molecule has 0 heterocycles. The molecule has 0 fully saturated rings. The summed E-state index contributed by atoms with van der Waals surface area (Å²) in [7, 11) is 0. The van der Waals surface area contributed by atoms with E-state index in [-0.39, 0.29) is 5.54 Å². The summed E-state index contributed by atoms with van der Waals surface area (Å²) in [5.74, 6) is 0.785. The molecule has 84 valence electrons. The van der Waals surface area contributed by atoms with Crippen LogP contribution in [0.2, 0.25) is 0 Å². The summed E-state index contributed by atoms with van der Waals surface area (Å²) >= 11 is 0. The van der Waals surface area contributed by atoms with E-state index in [1.165, 1.54) is 0 Å². The van der Waals surface area contributed by atoms with E-state index in [1.807, 2.05) is 12.1 Å². The summed E-state index contributed by atoms with van der Waals surface area (Å²) in [6.07, 6.45) is 1.88. The molecular weight excluding hydrogens is 186 g/mol. The molecule has 2 nitrogen and oxygen atoms in total. The molecule has 15 heavy (non-hydrogen) atoms.